The van der Waals surface area contributed by atoms with E-state index in [1.165, 1.54) is 5.56 Å². The molecule has 0 radical (unpaired) electrons. The van der Waals surface area contributed by atoms with Gasteiger partial charge in [0.05, 0.1) is 19.7 Å². The third-order valence-corrected chi connectivity index (χ3v) is 3.75. The zero-order valence-corrected chi connectivity index (χ0v) is 16.3. The number of methoxy groups -OCH3 is 1. The molecule has 0 aliphatic heterocycles. The molecule has 140 valence electrons. The Hall–Kier alpha value is -2.24. The Balaban J connectivity index is 2.71. The lowest BCUT2D eigenvalue weighted by Gasteiger charge is -2.20. The van der Waals surface area contributed by atoms with Crippen LogP contribution in [0.4, 0.5) is 0 Å². The molecule has 0 aliphatic rings. The van der Waals surface area contributed by atoms with Gasteiger partial charge < -0.3 is 20.7 Å². The van der Waals surface area contributed by atoms with E-state index in [1.807, 2.05) is 32.9 Å². The molecule has 1 aromatic rings. The van der Waals surface area contributed by atoms with Crippen LogP contribution in [0.2, 0.25) is 0 Å². The van der Waals surface area contributed by atoms with E-state index in [9.17, 15) is 4.79 Å². The SMILES string of the molecule is CCNC(=NCCNC(=O)C(C)C)NC(C)c1cc(C)ccc1OC. The lowest BCUT2D eigenvalue weighted by molar-refractivity contribution is -0.123. The number of hydrogen-bond acceptors (Lipinski definition) is 3. The summed E-state index contributed by atoms with van der Waals surface area (Å²) in [6, 6.07) is 6.17. The van der Waals surface area contributed by atoms with Gasteiger partial charge >= 0.3 is 0 Å². The number of guanidine groups is 1. The first-order chi connectivity index (χ1) is 11.9. The maximum Gasteiger partial charge on any atom is 0.222 e. The van der Waals surface area contributed by atoms with E-state index < -0.39 is 0 Å². The molecule has 1 aromatic carbocycles. The summed E-state index contributed by atoms with van der Waals surface area (Å²) in [6.45, 7) is 11.7. The fourth-order valence-corrected chi connectivity index (χ4v) is 2.35. The minimum atomic E-state index is -0.0100. The number of nitrogens with one attached hydrogen (secondary N) is 3. The topological polar surface area (TPSA) is 74.8 Å². The summed E-state index contributed by atoms with van der Waals surface area (Å²) in [6.07, 6.45) is 0. The largest absolute Gasteiger partial charge is 0.496 e. The summed E-state index contributed by atoms with van der Waals surface area (Å²) in [5.41, 5.74) is 2.27. The summed E-state index contributed by atoms with van der Waals surface area (Å²) in [5.74, 6) is 1.61. The van der Waals surface area contributed by atoms with Crippen molar-refractivity contribution < 1.29 is 9.53 Å². The average molecular weight is 348 g/mol. The number of ether oxygens (including phenoxy) is 1. The van der Waals surface area contributed by atoms with Crippen molar-refractivity contribution in [3.05, 3.63) is 29.3 Å². The fourth-order valence-electron chi connectivity index (χ4n) is 2.35. The molecule has 1 rings (SSSR count). The third-order valence-electron chi connectivity index (χ3n) is 3.75. The second-order valence-electron chi connectivity index (χ2n) is 6.32. The number of aryl methyl sites for hydroxylation is 1. The van der Waals surface area contributed by atoms with Crippen LogP contribution in [0.1, 0.15) is 44.9 Å². The van der Waals surface area contributed by atoms with Crippen molar-refractivity contribution in [2.24, 2.45) is 10.9 Å². The number of amides is 1. The Morgan fingerprint density at radius 2 is 1.96 bits per heavy atom. The molecule has 3 N–H and O–H groups in total. The minimum absolute atomic E-state index is 0.0100. The predicted octanol–water partition coefficient (Wildman–Crippen LogP) is 2.39. The molecule has 0 fully saturated rings. The number of hydrogen-bond donors (Lipinski definition) is 3. The maximum atomic E-state index is 11.6. The molecule has 1 unspecified atom stereocenters. The van der Waals surface area contributed by atoms with Crippen molar-refractivity contribution in [3.63, 3.8) is 0 Å². The van der Waals surface area contributed by atoms with Gasteiger partial charge in [-0.05, 0) is 26.8 Å². The van der Waals surface area contributed by atoms with E-state index in [0.29, 0.717) is 13.1 Å². The van der Waals surface area contributed by atoms with Gasteiger partial charge in [-0.25, -0.2) is 0 Å². The van der Waals surface area contributed by atoms with Crippen LogP contribution in [0, 0.1) is 12.8 Å². The molecule has 0 saturated heterocycles. The van der Waals surface area contributed by atoms with E-state index in [0.717, 1.165) is 23.8 Å². The number of carbonyl (C=O) groups excluding carboxylic acids is 1. The minimum Gasteiger partial charge on any atom is -0.496 e. The van der Waals surface area contributed by atoms with Crippen LogP contribution < -0.4 is 20.7 Å². The average Bonchev–Trinajstić information content (AvgIpc) is 2.58. The first-order valence-corrected chi connectivity index (χ1v) is 8.86. The van der Waals surface area contributed by atoms with E-state index in [2.05, 4.69) is 40.9 Å². The van der Waals surface area contributed by atoms with E-state index in [4.69, 9.17) is 4.74 Å². The standard InChI is InChI=1S/C19H32N4O2/c1-7-20-19(22-11-10-21-18(24)13(2)3)23-15(5)16-12-14(4)8-9-17(16)25-6/h8-9,12-13,15H,7,10-11H2,1-6H3,(H,21,24)(H2,20,22,23). The highest BCUT2D eigenvalue weighted by Crippen LogP contribution is 2.25. The molecule has 25 heavy (non-hydrogen) atoms. The van der Waals surface area contributed by atoms with Crippen LogP contribution in [-0.2, 0) is 4.79 Å². The highest BCUT2D eigenvalue weighted by Gasteiger charge is 2.13. The molecule has 0 bridgehead atoms. The Labute approximate surface area is 151 Å². The number of rotatable bonds is 8. The predicted molar refractivity (Wildman–Crippen MR) is 103 cm³/mol. The highest BCUT2D eigenvalue weighted by molar-refractivity contribution is 5.80. The molecule has 0 aromatic heterocycles. The summed E-state index contributed by atoms with van der Waals surface area (Å²) < 4.78 is 5.46. The molecule has 0 aliphatic carbocycles. The summed E-state index contributed by atoms with van der Waals surface area (Å²) in [7, 11) is 1.68. The van der Waals surface area contributed by atoms with Crippen LogP contribution in [0.15, 0.2) is 23.2 Å². The number of benzene rings is 1. The van der Waals surface area contributed by atoms with Crippen LogP contribution in [-0.4, -0.2) is 38.6 Å². The highest BCUT2D eigenvalue weighted by atomic mass is 16.5. The number of carbonyl (C=O) groups is 1. The third kappa shape index (κ3) is 7.03. The van der Waals surface area contributed by atoms with E-state index in [1.54, 1.807) is 7.11 Å². The Bertz CT molecular complexity index is 585. The molecule has 6 heteroatoms. The normalized spacial score (nSPS) is 12.7. The Morgan fingerprint density at radius 1 is 1.24 bits per heavy atom. The van der Waals surface area contributed by atoms with Crippen LogP contribution in [0.5, 0.6) is 5.75 Å². The van der Waals surface area contributed by atoms with Gasteiger partial charge in [0, 0.05) is 24.6 Å². The first-order valence-electron chi connectivity index (χ1n) is 8.86. The Kier molecular flexibility index (Phi) is 8.81. The van der Waals surface area contributed by atoms with Crippen molar-refractivity contribution in [2.45, 2.75) is 40.7 Å². The molecule has 0 spiro atoms. The molecule has 1 atom stereocenters. The monoisotopic (exact) mass is 348 g/mol. The van der Waals surface area contributed by atoms with Crippen LogP contribution in [0.25, 0.3) is 0 Å². The van der Waals surface area contributed by atoms with Gasteiger partial charge in [-0.3, -0.25) is 9.79 Å². The van der Waals surface area contributed by atoms with Crippen molar-refractivity contribution in [1.29, 1.82) is 0 Å². The van der Waals surface area contributed by atoms with Crippen molar-refractivity contribution in [3.8, 4) is 5.75 Å². The smallest absolute Gasteiger partial charge is 0.222 e. The molecular formula is C19H32N4O2. The second kappa shape index (κ2) is 10.6. The lowest BCUT2D eigenvalue weighted by atomic mass is 10.0. The van der Waals surface area contributed by atoms with Gasteiger partial charge in [0.2, 0.25) is 5.91 Å². The second-order valence-corrected chi connectivity index (χ2v) is 6.32. The summed E-state index contributed by atoms with van der Waals surface area (Å²) >= 11 is 0. The fraction of sp³-hybridized carbons (Fsp3) is 0.579. The Morgan fingerprint density at radius 3 is 2.56 bits per heavy atom. The summed E-state index contributed by atoms with van der Waals surface area (Å²) in [5, 5.41) is 9.49. The van der Waals surface area contributed by atoms with Gasteiger partial charge in [0.15, 0.2) is 5.96 Å². The quantitative estimate of drug-likeness (QED) is 0.383. The first kappa shape index (κ1) is 20.8. The summed E-state index contributed by atoms with van der Waals surface area (Å²) in [4.78, 5) is 16.1. The van der Waals surface area contributed by atoms with E-state index >= 15 is 0 Å². The van der Waals surface area contributed by atoms with Crippen molar-refractivity contribution in [2.75, 3.05) is 26.7 Å². The number of nitrogens with zero attached hydrogens (tertiary/aromatic N) is 1. The van der Waals surface area contributed by atoms with Gasteiger partial charge in [-0.2, -0.15) is 0 Å². The van der Waals surface area contributed by atoms with Crippen LogP contribution in [0.3, 0.4) is 0 Å². The van der Waals surface area contributed by atoms with Gasteiger partial charge in [0.1, 0.15) is 5.75 Å². The van der Waals surface area contributed by atoms with Crippen molar-refractivity contribution >= 4 is 11.9 Å². The molecule has 0 saturated carbocycles. The zero-order chi connectivity index (χ0) is 18.8. The van der Waals surface area contributed by atoms with E-state index in [-0.39, 0.29) is 17.9 Å². The molecule has 6 nitrogen and oxygen atoms in total. The van der Waals surface area contributed by atoms with Gasteiger partial charge in [0.25, 0.3) is 0 Å². The molecule has 0 heterocycles. The zero-order valence-electron chi connectivity index (χ0n) is 16.3. The lowest BCUT2D eigenvalue weighted by Crippen LogP contribution is -2.39. The molecular weight excluding hydrogens is 316 g/mol. The van der Waals surface area contributed by atoms with Gasteiger partial charge in [-0.15, -0.1) is 0 Å². The number of aliphatic imine (C=N–C) groups is 1. The molecule has 1 amide bonds. The van der Waals surface area contributed by atoms with Gasteiger partial charge in [-0.1, -0.05) is 31.5 Å². The van der Waals surface area contributed by atoms with Crippen molar-refractivity contribution in [1.82, 2.24) is 16.0 Å². The maximum absolute atomic E-state index is 11.6. The van der Waals surface area contributed by atoms with Crippen LogP contribution >= 0.6 is 0 Å².